The molecular weight excluding hydrogens is 295 g/mol. The Morgan fingerprint density at radius 3 is 2.61 bits per heavy atom. The lowest BCUT2D eigenvalue weighted by Crippen LogP contribution is -1.93. The maximum absolute atomic E-state index is 13.1. The van der Waals surface area contributed by atoms with Crippen LogP contribution in [0.3, 0.4) is 0 Å². The van der Waals surface area contributed by atoms with Gasteiger partial charge in [0.25, 0.3) is 0 Å². The summed E-state index contributed by atoms with van der Waals surface area (Å²) < 4.78 is 13.9. The van der Waals surface area contributed by atoms with E-state index in [9.17, 15) is 4.39 Å². The summed E-state index contributed by atoms with van der Waals surface area (Å²) in [5.74, 6) is -0.223. The average Bonchev–Trinajstić information content (AvgIpc) is 2.36. The van der Waals surface area contributed by atoms with Gasteiger partial charge in [-0.05, 0) is 64.8 Å². The molecule has 0 aliphatic carbocycles. The molecule has 0 spiro atoms. The standard InChI is InChI=1S/C14H10BrFN2/c1-9-6-11(3-4-13(9)16)18-14-5-2-10(8-17)7-12(14)15/h2-7,18H,1H3. The van der Waals surface area contributed by atoms with Crippen LogP contribution >= 0.6 is 15.9 Å². The molecule has 2 nitrogen and oxygen atoms in total. The summed E-state index contributed by atoms with van der Waals surface area (Å²) >= 11 is 3.39. The molecule has 0 aliphatic heterocycles. The van der Waals surface area contributed by atoms with E-state index in [0.717, 1.165) is 15.8 Å². The van der Waals surface area contributed by atoms with Gasteiger partial charge in [-0.2, -0.15) is 5.26 Å². The number of rotatable bonds is 2. The van der Waals surface area contributed by atoms with Gasteiger partial charge in [-0.1, -0.05) is 0 Å². The first-order valence-electron chi connectivity index (χ1n) is 5.33. The van der Waals surface area contributed by atoms with Crippen molar-refractivity contribution in [3.63, 3.8) is 0 Å². The molecule has 0 bridgehead atoms. The van der Waals surface area contributed by atoms with E-state index in [4.69, 9.17) is 5.26 Å². The molecule has 0 fully saturated rings. The van der Waals surface area contributed by atoms with Gasteiger partial charge in [0.05, 0.1) is 17.3 Å². The van der Waals surface area contributed by atoms with Crippen molar-refractivity contribution in [2.45, 2.75) is 6.92 Å². The summed E-state index contributed by atoms with van der Waals surface area (Å²) in [5.41, 5.74) is 2.81. The number of halogens is 2. The van der Waals surface area contributed by atoms with Crippen molar-refractivity contribution in [2.75, 3.05) is 5.32 Å². The molecule has 0 heterocycles. The Bertz CT molecular complexity index is 632. The van der Waals surface area contributed by atoms with E-state index in [1.807, 2.05) is 0 Å². The summed E-state index contributed by atoms with van der Waals surface area (Å²) in [6.45, 7) is 1.72. The van der Waals surface area contributed by atoms with Crippen LogP contribution in [0.25, 0.3) is 0 Å². The molecule has 0 unspecified atom stereocenters. The molecule has 2 aromatic rings. The summed E-state index contributed by atoms with van der Waals surface area (Å²) in [6.07, 6.45) is 0. The van der Waals surface area contributed by atoms with Gasteiger partial charge in [0.1, 0.15) is 5.82 Å². The number of nitrogens with zero attached hydrogens (tertiary/aromatic N) is 1. The second kappa shape index (κ2) is 5.19. The Labute approximate surface area is 113 Å². The van der Waals surface area contributed by atoms with Gasteiger partial charge < -0.3 is 5.32 Å². The van der Waals surface area contributed by atoms with E-state index in [0.29, 0.717) is 11.1 Å². The fraction of sp³-hybridized carbons (Fsp3) is 0.0714. The van der Waals surface area contributed by atoms with Crippen molar-refractivity contribution in [2.24, 2.45) is 0 Å². The monoisotopic (exact) mass is 304 g/mol. The average molecular weight is 305 g/mol. The largest absolute Gasteiger partial charge is 0.355 e. The summed E-state index contributed by atoms with van der Waals surface area (Å²) in [6, 6.07) is 12.2. The lowest BCUT2D eigenvalue weighted by molar-refractivity contribution is 0.619. The third-order valence-electron chi connectivity index (χ3n) is 2.54. The molecule has 1 N–H and O–H groups in total. The number of nitrogens with one attached hydrogen (secondary N) is 1. The van der Waals surface area contributed by atoms with Crippen molar-refractivity contribution < 1.29 is 4.39 Å². The van der Waals surface area contributed by atoms with Gasteiger partial charge in [0, 0.05) is 10.2 Å². The van der Waals surface area contributed by atoms with Crippen LogP contribution in [0.5, 0.6) is 0 Å². The number of benzene rings is 2. The highest BCUT2D eigenvalue weighted by atomic mass is 79.9. The van der Waals surface area contributed by atoms with Crippen LogP contribution in [0.4, 0.5) is 15.8 Å². The van der Waals surface area contributed by atoms with Gasteiger partial charge in [-0.15, -0.1) is 0 Å². The van der Waals surface area contributed by atoms with E-state index < -0.39 is 0 Å². The molecule has 4 heteroatoms. The normalized spacial score (nSPS) is 9.89. The fourth-order valence-electron chi connectivity index (χ4n) is 1.56. The minimum absolute atomic E-state index is 0.223. The summed E-state index contributed by atoms with van der Waals surface area (Å²) in [5, 5.41) is 11.9. The van der Waals surface area contributed by atoms with Gasteiger partial charge in [-0.25, -0.2) is 4.39 Å². The van der Waals surface area contributed by atoms with Crippen molar-refractivity contribution in [3.05, 3.63) is 57.8 Å². The van der Waals surface area contributed by atoms with Crippen molar-refractivity contribution >= 4 is 27.3 Å². The van der Waals surface area contributed by atoms with Crippen LogP contribution in [0.15, 0.2) is 40.9 Å². The van der Waals surface area contributed by atoms with E-state index >= 15 is 0 Å². The van der Waals surface area contributed by atoms with Crippen LogP contribution < -0.4 is 5.32 Å². The zero-order chi connectivity index (χ0) is 13.1. The Balaban J connectivity index is 2.29. The number of anilines is 2. The smallest absolute Gasteiger partial charge is 0.126 e. The van der Waals surface area contributed by atoms with Crippen LogP contribution in [0.2, 0.25) is 0 Å². The van der Waals surface area contributed by atoms with Crippen molar-refractivity contribution in [1.29, 1.82) is 5.26 Å². The molecule has 90 valence electrons. The minimum atomic E-state index is -0.223. The van der Waals surface area contributed by atoms with E-state index in [1.165, 1.54) is 6.07 Å². The second-order valence-electron chi connectivity index (χ2n) is 3.90. The molecule has 0 radical (unpaired) electrons. The SMILES string of the molecule is Cc1cc(Nc2ccc(C#N)cc2Br)ccc1F. The quantitative estimate of drug-likeness (QED) is 0.886. The molecule has 2 rings (SSSR count). The zero-order valence-corrected chi connectivity index (χ0v) is 11.3. The van der Waals surface area contributed by atoms with E-state index in [-0.39, 0.29) is 5.82 Å². The highest BCUT2D eigenvalue weighted by Crippen LogP contribution is 2.27. The lowest BCUT2D eigenvalue weighted by Gasteiger charge is -2.09. The third kappa shape index (κ3) is 2.69. The molecule has 0 atom stereocenters. The number of nitriles is 1. The lowest BCUT2D eigenvalue weighted by atomic mass is 10.2. The van der Waals surface area contributed by atoms with Crippen molar-refractivity contribution in [3.8, 4) is 6.07 Å². The van der Waals surface area contributed by atoms with Crippen LogP contribution in [-0.2, 0) is 0 Å². The van der Waals surface area contributed by atoms with Crippen molar-refractivity contribution in [1.82, 2.24) is 0 Å². The Morgan fingerprint density at radius 1 is 1.22 bits per heavy atom. The number of hydrogen-bond acceptors (Lipinski definition) is 2. The highest BCUT2D eigenvalue weighted by molar-refractivity contribution is 9.10. The van der Waals surface area contributed by atoms with Gasteiger partial charge >= 0.3 is 0 Å². The van der Waals surface area contributed by atoms with Crippen LogP contribution in [0.1, 0.15) is 11.1 Å². The van der Waals surface area contributed by atoms with Crippen LogP contribution in [-0.4, -0.2) is 0 Å². The predicted octanol–water partition coefficient (Wildman–Crippen LogP) is 4.51. The molecule has 0 amide bonds. The van der Waals surface area contributed by atoms with Gasteiger partial charge in [-0.3, -0.25) is 0 Å². The first-order chi connectivity index (χ1) is 8.60. The number of hydrogen-bond donors (Lipinski definition) is 1. The first-order valence-corrected chi connectivity index (χ1v) is 6.12. The molecule has 0 saturated carbocycles. The predicted molar refractivity (Wildman–Crippen MR) is 73.3 cm³/mol. The first kappa shape index (κ1) is 12.6. The Hall–Kier alpha value is -1.86. The molecule has 0 aromatic heterocycles. The number of aryl methyl sites for hydroxylation is 1. The zero-order valence-electron chi connectivity index (χ0n) is 9.67. The molecule has 18 heavy (non-hydrogen) atoms. The second-order valence-corrected chi connectivity index (χ2v) is 4.75. The maximum atomic E-state index is 13.1. The Morgan fingerprint density at radius 2 is 2.00 bits per heavy atom. The van der Waals surface area contributed by atoms with Gasteiger partial charge in [0.15, 0.2) is 0 Å². The van der Waals surface area contributed by atoms with Crippen LogP contribution in [0, 0.1) is 24.1 Å². The maximum Gasteiger partial charge on any atom is 0.126 e. The summed E-state index contributed by atoms with van der Waals surface area (Å²) in [7, 11) is 0. The molecular formula is C14H10BrFN2. The van der Waals surface area contributed by atoms with E-state index in [2.05, 4.69) is 27.3 Å². The third-order valence-corrected chi connectivity index (χ3v) is 3.19. The molecule has 0 aliphatic rings. The summed E-state index contributed by atoms with van der Waals surface area (Å²) in [4.78, 5) is 0. The molecule has 2 aromatic carbocycles. The minimum Gasteiger partial charge on any atom is -0.355 e. The van der Waals surface area contributed by atoms with E-state index in [1.54, 1.807) is 37.3 Å². The van der Waals surface area contributed by atoms with Gasteiger partial charge in [0.2, 0.25) is 0 Å². The highest BCUT2D eigenvalue weighted by Gasteiger charge is 2.03. The topological polar surface area (TPSA) is 35.8 Å². The Kier molecular flexibility index (Phi) is 3.63. The molecule has 0 saturated heterocycles. The fourth-order valence-corrected chi connectivity index (χ4v) is 2.04.